The second kappa shape index (κ2) is 5.04. The van der Waals surface area contributed by atoms with Crippen LogP contribution in [0.15, 0.2) is 18.2 Å². The van der Waals surface area contributed by atoms with Gasteiger partial charge in [-0.3, -0.25) is 14.9 Å². The number of carboxylic acid groups (broad SMARTS) is 1. The highest BCUT2D eigenvalue weighted by atomic mass is 16.6. The SMILES string of the molecule is CC1(C)C(=O)NCCN1c1cc([N+](=O)[O-])ccc1C(=O)O. The van der Waals surface area contributed by atoms with Crippen molar-refractivity contribution in [1.29, 1.82) is 0 Å². The quantitative estimate of drug-likeness (QED) is 0.635. The van der Waals surface area contributed by atoms with Crippen LogP contribution in [0.4, 0.5) is 11.4 Å². The fourth-order valence-corrected chi connectivity index (χ4v) is 2.36. The molecule has 8 nitrogen and oxygen atoms in total. The second-order valence-electron chi connectivity index (χ2n) is 5.23. The topological polar surface area (TPSA) is 113 Å². The van der Waals surface area contributed by atoms with E-state index in [1.165, 1.54) is 12.1 Å². The van der Waals surface area contributed by atoms with Gasteiger partial charge in [0.15, 0.2) is 0 Å². The van der Waals surface area contributed by atoms with E-state index >= 15 is 0 Å². The zero-order valence-electron chi connectivity index (χ0n) is 11.6. The van der Waals surface area contributed by atoms with Crippen LogP contribution >= 0.6 is 0 Å². The average Bonchev–Trinajstić information content (AvgIpc) is 2.41. The minimum Gasteiger partial charge on any atom is -0.478 e. The van der Waals surface area contributed by atoms with Gasteiger partial charge in [0.2, 0.25) is 5.91 Å². The maximum absolute atomic E-state index is 12.0. The molecule has 1 heterocycles. The standard InChI is InChI=1S/C13H15N3O5/c1-13(2)12(19)14-5-6-15(13)10-7-8(16(20)21)3-4-9(10)11(17)18/h3-4,7H,5-6H2,1-2H3,(H,14,19)(H,17,18). The fourth-order valence-electron chi connectivity index (χ4n) is 2.36. The molecule has 0 aromatic heterocycles. The molecule has 2 N–H and O–H groups in total. The summed E-state index contributed by atoms with van der Waals surface area (Å²) in [5.41, 5.74) is -1.09. The molecule has 1 aromatic rings. The van der Waals surface area contributed by atoms with E-state index in [1.54, 1.807) is 18.7 Å². The van der Waals surface area contributed by atoms with Gasteiger partial charge in [0.25, 0.3) is 5.69 Å². The number of hydrogen-bond acceptors (Lipinski definition) is 5. The van der Waals surface area contributed by atoms with Gasteiger partial charge in [0.1, 0.15) is 5.54 Å². The molecule has 1 saturated heterocycles. The Kier molecular flexibility index (Phi) is 3.54. The van der Waals surface area contributed by atoms with E-state index in [4.69, 9.17) is 0 Å². The summed E-state index contributed by atoms with van der Waals surface area (Å²) in [6, 6.07) is 3.53. The van der Waals surface area contributed by atoms with Crippen molar-refractivity contribution in [2.24, 2.45) is 0 Å². The lowest BCUT2D eigenvalue weighted by Crippen LogP contribution is -2.62. The third kappa shape index (κ3) is 2.51. The zero-order valence-corrected chi connectivity index (χ0v) is 11.6. The number of piperazine rings is 1. The molecule has 0 bridgehead atoms. The molecule has 112 valence electrons. The molecule has 8 heteroatoms. The van der Waals surface area contributed by atoms with Crippen LogP contribution in [-0.2, 0) is 4.79 Å². The highest BCUT2D eigenvalue weighted by Crippen LogP contribution is 2.32. The van der Waals surface area contributed by atoms with Crippen LogP contribution in [0, 0.1) is 10.1 Å². The Morgan fingerprint density at radius 1 is 1.48 bits per heavy atom. The molecule has 0 saturated carbocycles. The number of anilines is 1. The number of non-ortho nitro benzene ring substituents is 1. The highest BCUT2D eigenvalue weighted by Gasteiger charge is 2.39. The maximum atomic E-state index is 12.0. The van der Waals surface area contributed by atoms with Crippen molar-refractivity contribution in [2.75, 3.05) is 18.0 Å². The van der Waals surface area contributed by atoms with E-state index in [1.807, 2.05) is 0 Å². The number of nitro groups is 1. The van der Waals surface area contributed by atoms with Crippen molar-refractivity contribution in [2.45, 2.75) is 19.4 Å². The Morgan fingerprint density at radius 2 is 2.14 bits per heavy atom. The predicted octanol–water partition coefficient (Wildman–Crippen LogP) is 1.01. The minimum absolute atomic E-state index is 0.0663. The number of nitrogens with one attached hydrogen (secondary N) is 1. The number of carboxylic acids is 1. The molecule has 1 fully saturated rings. The van der Waals surface area contributed by atoms with Gasteiger partial charge < -0.3 is 15.3 Å². The maximum Gasteiger partial charge on any atom is 0.337 e. The van der Waals surface area contributed by atoms with Crippen LogP contribution in [0.3, 0.4) is 0 Å². The van der Waals surface area contributed by atoms with E-state index in [9.17, 15) is 24.8 Å². The van der Waals surface area contributed by atoms with E-state index in [0.717, 1.165) is 6.07 Å². The van der Waals surface area contributed by atoms with Crippen molar-refractivity contribution in [3.05, 3.63) is 33.9 Å². The second-order valence-corrected chi connectivity index (χ2v) is 5.23. The van der Waals surface area contributed by atoms with Crippen LogP contribution in [0.2, 0.25) is 0 Å². The summed E-state index contributed by atoms with van der Waals surface area (Å²) in [4.78, 5) is 35.2. The summed E-state index contributed by atoms with van der Waals surface area (Å²) in [6.45, 7) is 4.02. The molecule has 0 unspecified atom stereocenters. The summed E-state index contributed by atoms with van der Waals surface area (Å²) >= 11 is 0. The third-order valence-electron chi connectivity index (χ3n) is 3.56. The number of nitrogens with zero attached hydrogens (tertiary/aromatic N) is 2. The Bertz CT molecular complexity index is 626. The summed E-state index contributed by atoms with van der Waals surface area (Å²) in [5.74, 6) is -1.45. The monoisotopic (exact) mass is 293 g/mol. The molecule has 1 amide bonds. The van der Waals surface area contributed by atoms with E-state index in [-0.39, 0.29) is 22.8 Å². The van der Waals surface area contributed by atoms with Crippen LogP contribution in [-0.4, -0.2) is 40.5 Å². The molecule has 21 heavy (non-hydrogen) atoms. The first-order chi connectivity index (χ1) is 9.75. The van der Waals surface area contributed by atoms with Gasteiger partial charge in [-0.2, -0.15) is 0 Å². The largest absolute Gasteiger partial charge is 0.478 e. The first-order valence-electron chi connectivity index (χ1n) is 6.33. The Labute approximate surface area is 120 Å². The molecule has 0 aliphatic carbocycles. The molecule has 2 rings (SSSR count). The fraction of sp³-hybridized carbons (Fsp3) is 0.385. The summed E-state index contributed by atoms with van der Waals surface area (Å²) in [7, 11) is 0. The van der Waals surface area contributed by atoms with Gasteiger partial charge in [-0.05, 0) is 19.9 Å². The third-order valence-corrected chi connectivity index (χ3v) is 3.56. The molecule has 0 atom stereocenters. The number of amides is 1. The number of benzene rings is 1. The lowest BCUT2D eigenvalue weighted by atomic mass is 9.96. The zero-order chi connectivity index (χ0) is 15.8. The molecule has 0 radical (unpaired) electrons. The normalized spacial score (nSPS) is 17.2. The molecular weight excluding hydrogens is 278 g/mol. The molecular formula is C13H15N3O5. The van der Waals surface area contributed by atoms with Gasteiger partial charge in [0, 0.05) is 25.2 Å². The first-order valence-corrected chi connectivity index (χ1v) is 6.33. The van der Waals surface area contributed by atoms with Crippen LogP contribution in [0.5, 0.6) is 0 Å². The van der Waals surface area contributed by atoms with Crippen LogP contribution in [0.1, 0.15) is 24.2 Å². The molecule has 1 aliphatic rings. The van der Waals surface area contributed by atoms with Crippen molar-refractivity contribution in [3.63, 3.8) is 0 Å². The number of carbonyl (C=O) groups excluding carboxylic acids is 1. The number of aromatic carboxylic acids is 1. The van der Waals surface area contributed by atoms with Crippen molar-refractivity contribution in [1.82, 2.24) is 5.32 Å². The Balaban J connectivity index is 2.59. The molecule has 1 aliphatic heterocycles. The van der Waals surface area contributed by atoms with E-state index in [2.05, 4.69) is 5.32 Å². The number of carbonyl (C=O) groups is 2. The van der Waals surface area contributed by atoms with Gasteiger partial charge in [-0.25, -0.2) is 4.79 Å². The van der Waals surface area contributed by atoms with E-state index in [0.29, 0.717) is 13.1 Å². The van der Waals surface area contributed by atoms with Crippen molar-refractivity contribution >= 4 is 23.3 Å². The van der Waals surface area contributed by atoms with Gasteiger partial charge in [0.05, 0.1) is 16.2 Å². The number of rotatable bonds is 3. The van der Waals surface area contributed by atoms with E-state index < -0.39 is 16.4 Å². The lowest BCUT2D eigenvalue weighted by Gasteiger charge is -2.43. The Hall–Kier alpha value is -2.64. The first kappa shape index (κ1) is 14.8. The molecule has 1 aromatic carbocycles. The van der Waals surface area contributed by atoms with Gasteiger partial charge >= 0.3 is 5.97 Å². The van der Waals surface area contributed by atoms with Crippen molar-refractivity contribution in [3.8, 4) is 0 Å². The minimum atomic E-state index is -1.19. The van der Waals surface area contributed by atoms with Crippen LogP contribution in [0.25, 0.3) is 0 Å². The van der Waals surface area contributed by atoms with Gasteiger partial charge in [-0.1, -0.05) is 0 Å². The number of nitro benzene ring substituents is 1. The highest BCUT2D eigenvalue weighted by molar-refractivity contribution is 5.98. The predicted molar refractivity (Wildman–Crippen MR) is 74.5 cm³/mol. The lowest BCUT2D eigenvalue weighted by molar-refractivity contribution is -0.384. The smallest absolute Gasteiger partial charge is 0.337 e. The number of hydrogen-bond donors (Lipinski definition) is 2. The summed E-state index contributed by atoms with van der Waals surface area (Å²) < 4.78 is 0. The molecule has 0 spiro atoms. The van der Waals surface area contributed by atoms with Gasteiger partial charge in [-0.15, -0.1) is 0 Å². The summed E-state index contributed by atoms with van der Waals surface area (Å²) in [5, 5.41) is 22.9. The van der Waals surface area contributed by atoms with Crippen molar-refractivity contribution < 1.29 is 19.6 Å². The Morgan fingerprint density at radius 3 is 2.71 bits per heavy atom. The van der Waals surface area contributed by atoms with Crippen LogP contribution < -0.4 is 10.2 Å². The summed E-state index contributed by atoms with van der Waals surface area (Å²) in [6.07, 6.45) is 0. The average molecular weight is 293 g/mol.